The second kappa shape index (κ2) is 8.48. The number of alkyl halides is 3. The lowest BCUT2D eigenvalue weighted by Crippen LogP contribution is -2.36. The van der Waals surface area contributed by atoms with Crippen molar-refractivity contribution in [1.29, 1.82) is 0 Å². The van der Waals surface area contributed by atoms with Crippen molar-refractivity contribution in [3.05, 3.63) is 101 Å². The van der Waals surface area contributed by atoms with Gasteiger partial charge in [0.25, 0.3) is 5.91 Å². The Morgan fingerprint density at radius 2 is 1.79 bits per heavy atom. The van der Waals surface area contributed by atoms with E-state index in [4.69, 9.17) is 0 Å². The van der Waals surface area contributed by atoms with Crippen LogP contribution in [0.1, 0.15) is 28.3 Å². The van der Waals surface area contributed by atoms with Crippen LogP contribution in [0.2, 0.25) is 0 Å². The van der Waals surface area contributed by atoms with Gasteiger partial charge in [-0.15, -0.1) is 0 Å². The van der Waals surface area contributed by atoms with E-state index in [1.165, 1.54) is 12.1 Å². The number of aromatic nitrogens is 1. The van der Waals surface area contributed by atoms with Gasteiger partial charge in [-0.2, -0.15) is 13.2 Å². The Hall–Kier alpha value is -3.87. The second-order valence-electron chi connectivity index (χ2n) is 8.44. The lowest BCUT2D eigenvalue weighted by molar-refractivity contribution is -0.137. The lowest BCUT2D eigenvalue weighted by atomic mass is 10.0. The molecule has 0 saturated carbocycles. The quantitative estimate of drug-likeness (QED) is 0.388. The summed E-state index contributed by atoms with van der Waals surface area (Å²) in [7, 11) is 0. The van der Waals surface area contributed by atoms with Crippen molar-refractivity contribution in [2.75, 3.05) is 16.8 Å². The summed E-state index contributed by atoms with van der Waals surface area (Å²) in [6.45, 7) is 2.58. The average molecular weight is 461 g/mol. The van der Waals surface area contributed by atoms with Crippen LogP contribution >= 0.6 is 0 Å². The molecule has 1 amide bonds. The molecule has 4 nitrogen and oxygen atoms in total. The summed E-state index contributed by atoms with van der Waals surface area (Å²) in [4.78, 5) is 19.9. The number of carbonyl (C=O) groups excluding carboxylic acids is 1. The molecule has 4 aromatic rings. The maximum Gasteiger partial charge on any atom is 0.416 e. The number of para-hydroxylation sites is 1. The normalized spacial score (nSPS) is 14.2. The summed E-state index contributed by atoms with van der Waals surface area (Å²) in [5.74, 6) is -0.305. The number of rotatable bonds is 4. The van der Waals surface area contributed by atoms with Crippen LogP contribution in [0.4, 0.5) is 24.5 Å². The summed E-state index contributed by atoms with van der Waals surface area (Å²) < 4.78 is 39.5. The smallest absolute Gasteiger partial charge is 0.355 e. The maximum atomic E-state index is 13.8. The fraction of sp³-hybridized carbons (Fsp3) is 0.185. The molecule has 0 bridgehead atoms. The standard InChI is InChI=1S/C27H22F3N3O/c1-17-4-2-5-18-13-15-33(24(17)18)25(19-8-10-21(11-9-19)27(28,29)30)26(34)32-23-7-3-6-20-16-31-14-12-22(20)23/h2-12,14,16,25H,13,15H2,1H3,(H,32,34). The van der Waals surface area contributed by atoms with Crippen LogP contribution in [0.5, 0.6) is 0 Å². The number of halogens is 3. The predicted octanol–water partition coefficient (Wildman–Crippen LogP) is 6.30. The highest BCUT2D eigenvalue weighted by Crippen LogP contribution is 2.39. The largest absolute Gasteiger partial charge is 0.416 e. The highest BCUT2D eigenvalue weighted by molar-refractivity contribution is 6.05. The van der Waals surface area contributed by atoms with E-state index in [0.717, 1.165) is 46.1 Å². The summed E-state index contributed by atoms with van der Waals surface area (Å²) in [5.41, 5.74) is 3.51. The molecule has 1 aromatic heterocycles. The first kappa shape index (κ1) is 21.9. The molecule has 34 heavy (non-hydrogen) atoms. The van der Waals surface area contributed by atoms with Crippen LogP contribution in [0, 0.1) is 6.92 Å². The van der Waals surface area contributed by atoms with Crippen LogP contribution in [0.3, 0.4) is 0 Å². The number of anilines is 2. The number of amides is 1. The molecular weight excluding hydrogens is 439 g/mol. The predicted molar refractivity (Wildman–Crippen MR) is 127 cm³/mol. The maximum absolute atomic E-state index is 13.8. The Balaban J connectivity index is 1.57. The van der Waals surface area contributed by atoms with Gasteiger partial charge >= 0.3 is 6.18 Å². The number of hydrogen-bond donors (Lipinski definition) is 1. The molecule has 0 saturated heterocycles. The highest BCUT2D eigenvalue weighted by atomic mass is 19.4. The van der Waals surface area contributed by atoms with Gasteiger partial charge in [0.1, 0.15) is 6.04 Å². The van der Waals surface area contributed by atoms with Gasteiger partial charge in [-0.3, -0.25) is 9.78 Å². The first-order chi connectivity index (χ1) is 16.3. The minimum atomic E-state index is -4.44. The van der Waals surface area contributed by atoms with Crippen molar-refractivity contribution >= 4 is 28.1 Å². The Morgan fingerprint density at radius 1 is 1.03 bits per heavy atom. The second-order valence-corrected chi connectivity index (χ2v) is 8.44. The summed E-state index contributed by atoms with van der Waals surface area (Å²) in [6, 6.07) is 17.5. The molecule has 1 unspecified atom stereocenters. The number of fused-ring (bicyclic) bond motifs is 2. The zero-order valence-corrected chi connectivity index (χ0v) is 18.4. The molecule has 5 rings (SSSR count). The molecule has 1 atom stereocenters. The van der Waals surface area contributed by atoms with Crippen LogP contribution in [-0.2, 0) is 17.4 Å². The molecule has 3 aromatic carbocycles. The van der Waals surface area contributed by atoms with E-state index < -0.39 is 17.8 Å². The van der Waals surface area contributed by atoms with Crippen molar-refractivity contribution in [2.45, 2.75) is 25.6 Å². The van der Waals surface area contributed by atoms with Gasteiger partial charge in [0, 0.05) is 41.1 Å². The minimum Gasteiger partial charge on any atom is -0.355 e. The van der Waals surface area contributed by atoms with Crippen molar-refractivity contribution in [3.63, 3.8) is 0 Å². The van der Waals surface area contributed by atoms with Gasteiger partial charge in [-0.25, -0.2) is 0 Å². The van der Waals surface area contributed by atoms with Crippen LogP contribution in [-0.4, -0.2) is 17.4 Å². The van der Waals surface area contributed by atoms with E-state index in [0.29, 0.717) is 17.8 Å². The van der Waals surface area contributed by atoms with Crippen molar-refractivity contribution < 1.29 is 18.0 Å². The zero-order chi connectivity index (χ0) is 23.9. The van der Waals surface area contributed by atoms with Gasteiger partial charge in [0.2, 0.25) is 0 Å². The molecule has 0 aliphatic carbocycles. The molecule has 0 fully saturated rings. The van der Waals surface area contributed by atoms with Gasteiger partial charge in [0.15, 0.2) is 0 Å². The SMILES string of the molecule is Cc1cccc2c1N(C(C(=O)Nc1cccc3cnccc13)c1ccc(C(F)(F)F)cc1)CC2. The van der Waals surface area contributed by atoms with Gasteiger partial charge in [-0.05, 0) is 54.3 Å². The molecule has 2 heterocycles. The molecule has 1 N–H and O–H groups in total. The van der Waals surface area contributed by atoms with Gasteiger partial charge in [0.05, 0.1) is 5.56 Å². The summed E-state index contributed by atoms with van der Waals surface area (Å²) in [5, 5.41) is 4.75. The van der Waals surface area contributed by atoms with E-state index in [1.54, 1.807) is 12.4 Å². The number of carbonyl (C=O) groups is 1. The molecule has 1 aliphatic rings. The van der Waals surface area contributed by atoms with Gasteiger partial charge < -0.3 is 10.2 Å². The Morgan fingerprint density at radius 3 is 2.56 bits per heavy atom. The number of nitrogens with one attached hydrogen (secondary N) is 1. The monoisotopic (exact) mass is 461 g/mol. The molecule has 0 spiro atoms. The van der Waals surface area contributed by atoms with E-state index in [9.17, 15) is 18.0 Å². The first-order valence-corrected chi connectivity index (χ1v) is 11.0. The fourth-order valence-electron chi connectivity index (χ4n) is 4.70. The summed E-state index contributed by atoms with van der Waals surface area (Å²) in [6.07, 6.45) is -0.296. The van der Waals surface area contributed by atoms with Crippen LogP contribution < -0.4 is 10.2 Å². The third-order valence-electron chi connectivity index (χ3n) is 6.28. The van der Waals surface area contributed by atoms with Crippen molar-refractivity contribution in [2.24, 2.45) is 0 Å². The van der Waals surface area contributed by atoms with Crippen molar-refractivity contribution in [1.82, 2.24) is 4.98 Å². The molecule has 1 aliphatic heterocycles. The number of aryl methyl sites for hydroxylation is 1. The van der Waals surface area contributed by atoms with E-state index in [-0.39, 0.29) is 5.91 Å². The number of benzene rings is 3. The number of nitrogens with zero attached hydrogens (tertiary/aromatic N) is 2. The summed E-state index contributed by atoms with van der Waals surface area (Å²) >= 11 is 0. The lowest BCUT2D eigenvalue weighted by Gasteiger charge is -2.31. The average Bonchev–Trinajstić information content (AvgIpc) is 3.24. The van der Waals surface area contributed by atoms with E-state index in [2.05, 4.69) is 10.3 Å². The molecule has 7 heteroatoms. The number of pyridine rings is 1. The third-order valence-corrected chi connectivity index (χ3v) is 6.28. The number of hydrogen-bond acceptors (Lipinski definition) is 3. The minimum absolute atomic E-state index is 0.305. The van der Waals surface area contributed by atoms with Gasteiger partial charge in [-0.1, -0.05) is 42.5 Å². The molecule has 172 valence electrons. The fourth-order valence-corrected chi connectivity index (χ4v) is 4.70. The third kappa shape index (κ3) is 3.98. The highest BCUT2D eigenvalue weighted by Gasteiger charge is 2.35. The van der Waals surface area contributed by atoms with E-state index >= 15 is 0 Å². The Kier molecular flexibility index (Phi) is 5.48. The first-order valence-electron chi connectivity index (χ1n) is 11.0. The zero-order valence-electron chi connectivity index (χ0n) is 18.4. The topological polar surface area (TPSA) is 45.2 Å². The molecular formula is C27H22F3N3O. The Labute approximate surface area is 195 Å². The van der Waals surface area contributed by atoms with Crippen LogP contribution in [0.25, 0.3) is 10.8 Å². The van der Waals surface area contributed by atoms with Crippen molar-refractivity contribution in [3.8, 4) is 0 Å². The van der Waals surface area contributed by atoms with E-state index in [1.807, 2.05) is 54.3 Å². The Bertz CT molecular complexity index is 1360. The molecule has 0 radical (unpaired) electrons. The van der Waals surface area contributed by atoms with Crippen LogP contribution in [0.15, 0.2) is 79.1 Å².